The summed E-state index contributed by atoms with van der Waals surface area (Å²) in [6, 6.07) is 15.5. The van der Waals surface area contributed by atoms with E-state index in [-0.39, 0.29) is 10.9 Å². The predicted molar refractivity (Wildman–Crippen MR) is 120 cm³/mol. The number of benzene rings is 2. The molecule has 1 fully saturated rings. The fourth-order valence-electron chi connectivity index (χ4n) is 3.62. The standard InChI is InChI=1S/C23H19FN4O3S/c24-16-3-9-19(10-4-16)32(30,31)27-17-5-1-15(2-6-17)21-13-22(28(14-29)18-7-8-18)26-23-20(21)11-12-25-23/h1-6,9-14,18,27H,7-8H2,(H,25,26). The van der Waals surface area contributed by atoms with Crippen LogP contribution in [0.5, 0.6) is 0 Å². The van der Waals surface area contributed by atoms with Gasteiger partial charge in [-0.15, -0.1) is 0 Å². The highest BCUT2D eigenvalue weighted by Crippen LogP contribution is 2.35. The molecule has 162 valence electrons. The molecular weight excluding hydrogens is 431 g/mol. The number of fused-ring (bicyclic) bond motifs is 1. The molecule has 0 aliphatic heterocycles. The van der Waals surface area contributed by atoms with Crippen LogP contribution in [-0.2, 0) is 14.8 Å². The van der Waals surface area contributed by atoms with Crippen LogP contribution in [0.25, 0.3) is 22.2 Å². The van der Waals surface area contributed by atoms with Gasteiger partial charge in [-0.1, -0.05) is 12.1 Å². The van der Waals surface area contributed by atoms with Gasteiger partial charge in [0.15, 0.2) is 0 Å². The van der Waals surface area contributed by atoms with Crippen molar-refractivity contribution in [2.45, 2.75) is 23.8 Å². The molecule has 1 aliphatic carbocycles. The molecule has 0 unspecified atom stereocenters. The van der Waals surface area contributed by atoms with Crippen molar-refractivity contribution in [3.63, 3.8) is 0 Å². The van der Waals surface area contributed by atoms with Gasteiger partial charge < -0.3 is 4.98 Å². The minimum Gasteiger partial charge on any atom is -0.346 e. The van der Waals surface area contributed by atoms with Gasteiger partial charge in [0.2, 0.25) is 6.41 Å². The normalized spacial score (nSPS) is 13.8. The van der Waals surface area contributed by atoms with E-state index < -0.39 is 15.8 Å². The number of amides is 1. The minimum absolute atomic E-state index is 0.0233. The molecule has 1 aliphatic rings. The lowest BCUT2D eigenvalue weighted by Crippen LogP contribution is -2.24. The molecule has 0 saturated heterocycles. The maximum atomic E-state index is 13.1. The Labute approximate surface area is 184 Å². The average Bonchev–Trinajstić information content (AvgIpc) is 3.50. The first-order valence-corrected chi connectivity index (χ1v) is 11.5. The van der Waals surface area contributed by atoms with E-state index >= 15 is 0 Å². The second kappa shape index (κ2) is 7.76. The van der Waals surface area contributed by atoms with E-state index in [2.05, 4.69) is 14.7 Å². The molecule has 0 radical (unpaired) electrons. The van der Waals surface area contributed by atoms with Gasteiger partial charge in [-0.2, -0.15) is 0 Å². The summed E-state index contributed by atoms with van der Waals surface area (Å²) in [4.78, 5) is 20.9. The number of sulfonamides is 1. The Bertz CT molecular complexity index is 1400. The molecule has 0 spiro atoms. The van der Waals surface area contributed by atoms with Crippen molar-refractivity contribution in [1.29, 1.82) is 0 Å². The second-order valence-corrected chi connectivity index (χ2v) is 9.33. The SMILES string of the molecule is O=CN(c1cc(-c2ccc(NS(=O)(=O)c3ccc(F)cc3)cc2)c2cc[nH]c2n1)C1CC1. The van der Waals surface area contributed by atoms with Crippen molar-refractivity contribution in [3.05, 3.63) is 72.7 Å². The Hall–Kier alpha value is -3.72. The van der Waals surface area contributed by atoms with Gasteiger partial charge in [-0.3, -0.25) is 14.4 Å². The topological polar surface area (TPSA) is 95.2 Å². The monoisotopic (exact) mass is 450 g/mol. The van der Waals surface area contributed by atoms with Gasteiger partial charge >= 0.3 is 0 Å². The van der Waals surface area contributed by atoms with Crippen LogP contribution in [-0.4, -0.2) is 30.8 Å². The van der Waals surface area contributed by atoms with E-state index in [9.17, 15) is 17.6 Å². The van der Waals surface area contributed by atoms with E-state index in [1.54, 1.807) is 35.4 Å². The number of aromatic amines is 1. The first-order chi connectivity index (χ1) is 15.4. The van der Waals surface area contributed by atoms with Crippen molar-refractivity contribution < 1.29 is 17.6 Å². The molecule has 2 aromatic heterocycles. The fourth-order valence-corrected chi connectivity index (χ4v) is 4.68. The smallest absolute Gasteiger partial charge is 0.261 e. The summed E-state index contributed by atoms with van der Waals surface area (Å²) in [5.74, 6) is 0.0736. The van der Waals surface area contributed by atoms with Crippen LogP contribution in [0.15, 0.2) is 71.8 Å². The number of rotatable bonds is 7. The van der Waals surface area contributed by atoms with Crippen molar-refractivity contribution in [1.82, 2.24) is 9.97 Å². The molecule has 0 bridgehead atoms. The zero-order chi connectivity index (χ0) is 22.3. The minimum atomic E-state index is -3.83. The summed E-state index contributed by atoms with van der Waals surface area (Å²) in [5, 5.41) is 0.898. The average molecular weight is 450 g/mol. The van der Waals surface area contributed by atoms with Crippen molar-refractivity contribution in [2.75, 3.05) is 9.62 Å². The Morgan fingerprint density at radius 2 is 1.78 bits per heavy atom. The highest BCUT2D eigenvalue weighted by atomic mass is 32.2. The zero-order valence-corrected chi connectivity index (χ0v) is 17.6. The van der Waals surface area contributed by atoms with E-state index in [1.807, 2.05) is 12.1 Å². The Kier molecular flexibility index (Phi) is 4.90. The quantitative estimate of drug-likeness (QED) is 0.411. The number of nitrogens with zero attached hydrogens (tertiary/aromatic N) is 2. The summed E-state index contributed by atoms with van der Waals surface area (Å²) in [6.07, 6.45) is 4.52. The number of anilines is 2. The third-order valence-corrected chi connectivity index (χ3v) is 6.80. The molecule has 2 N–H and O–H groups in total. The molecule has 4 aromatic rings. The van der Waals surface area contributed by atoms with E-state index in [0.717, 1.165) is 47.9 Å². The Morgan fingerprint density at radius 1 is 1.06 bits per heavy atom. The lowest BCUT2D eigenvalue weighted by atomic mass is 10.0. The maximum absolute atomic E-state index is 13.1. The largest absolute Gasteiger partial charge is 0.346 e. The number of halogens is 1. The summed E-state index contributed by atoms with van der Waals surface area (Å²) in [5.41, 5.74) is 2.78. The number of aromatic nitrogens is 2. The number of hydrogen-bond donors (Lipinski definition) is 2. The number of carbonyl (C=O) groups excluding carboxylic acids is 1. The van der Waals surface area contributed by atoms with Crippen molar-refractivity contribution in [3.8, 4) is 11.1 Å². The number of nitrogens with one attached hydrogen (secondary N) is 2. The lowest BCUT2D eigenvalue weighted by Gasteiger charge is -2.17. The van der Waals surface area contributed by atoms with Gasteiger partial charge in [0.05, 0.1) is 4.90 Å². The molecule has 2 heterocycles. The van der Waals surface area contributed by atoms with E-state index in [1.165, 1.54) is 12.1 Å². The maximum Gasteiger partial charge on any atom is 0.261 e. The van der Waals surface area contributed by atoms with E-state index in [0.29, 0.717) is 17.2 Å². The van der Waals surface area contributed by atoms with Gasteiger partial charge in [0.25, 0.3) is 10.0 Å². The zero-order valence-electron chi connectivity index (χ0n) is 16.8. The summed E-state index contributed by atoms with van der Waals surface area (Å²) >= 11 is 0. The van der Waals surface area contributed by atoms with Crippen molar-refractivity contribution in [2.24, 2.45) is 0 Å². The molecule has 9 heteroatoms. The van der Waals surface area contributed by atoms with Gasteiger partial charge in [-0.05, 0) is 72.5 Å². The molecule has 5 rings (SSSR count). The van der Waals surface area contributed by atoms with Crippen LogP contribution in [0.4, 0.5) is 15.9 Å². The van der Waals surface area contributed by atoms with Crippen LogP contribution in [0, 0.1) is 5.82 Å². The predicted octanol–water partition coefficient (Wildman–Crippen LogP) is 4.30. The Morgan fingerprint density at radius 3 is 2.44 bits per heavy atom. The number of H-pyrrole nitrogens is 1. The molecule has 1 saturated carbocycles. The van der Waals surface area contributed by atoms with Gasteiger partial charge in [-0.25, -0.2) is 17.8 Å². The van der Waals surface area contributed by atoms with Crippen LogP contribution < -0.4 is 9.62 Å². The molecule has 32 heavy (non-hydrogen) atoms. The fraction of sp³-hybridized carbons (Fsp3) is 0.130. The summed E-state index contributed by atoms with van der Waals surface area (Å²) < 4.78 is 40.7. The molecule has 0 atom stereocenters. The van der Waals surface area contributed by atoms with Crippen LogP contribution in [0.2, 0.25) is 0 Å². The number of hydrogen-bond acceptors (Lipinski definition) is 4. The first kappa shape index (κ1) is 20.2. The van der Waals surface area contributed by atoms with E-state index in [4.69, 9.17) is 0 Å². The highest BCUT2D eigenvalue weighted by Gasteiger charge is 2.30. The molecule has 1 amide bonds. The highest BCUT2D eigenvalue weighted by molar-refractivity contribution is 7.92. The summed E-state index contributed by atoms with van der Waals surface area (Å²) in [7, 11) is -3.83. The van der Waals surface area contributed by atoms with Crippen LogP contribution in [0.3, 0.4) is 0 Å². The third kappa shape index (κ3) is 3.82. The third-order valence-electron chi connectivity index (χ3n) is 5.41. The van der Waals surface area contributed by atoms with Crippen LogP contribution >= 0.6 is 0 Å². The number of carbonyl (C=O) groups is 1. The first-order valence-electron chi connectivity index (χ1n) is 10.1. The Balaban J connectivity index is 1.47. The summed E-state index contributed by atoms with van der Waals surface area (Å²) in [6.45, 7) is 0. The molecular formula is C23H19FN4O3S. The van der Waals surface area contributed by atoms with Crippen molar-refractivity contribution >= 4 is 39.0 Å². The molecule has 7 nitrogen and oxygen atoms in total. The number of pyridine rings is 1. The second-order valence-electron chi connectivity index (χ2n) is 7.65. The van der Waals surface area contributed by atoms with Crippen LogP contribution in [0.1, 0.15) is 12.8 Å². The lowest BCUT2D eigenvalue weighted by molar-refractivity contribution is -0.107. The molecule has 2 aromatic carbocycles. The van der Waals surface area contributed by atoms with Gasteiger partial charge in [0.1, 0.15) is 17.3 Å². The van der Waals surface area contributed by atoms with Gasteiger partial charge in [0, 0.05) is 23.3 Å².